The predicted octanol–water partition coefficient (Wildman–Crippen LogP) is 2.23. The summed E-state index contributed by atoms with van der Waals surface area (Å²) in [5.41, 5.74) is 7.04. The fraction of sp³-hybridized carbons (Fsp3) is 0.333. The van der Waals surface area contributed by atoms with Crippen LogP contribution in [0.4, 0.5) is 5.95 Å². The number of aliphatic carboxylic acids is 1. The maximum absolute atomic E-state index is 10.6. The summed E-state index contributed by atoms with van der Waals surface area (Å²) >= 11 is 0. The third kappa shape index (κ3) is 3.15. The van der Waals surface area contributed by atoms with E-state index in [0.717, 1.165) is 11.1 Å². The lowest BCUT2D eigenvalue weighted by molar-refractivity contribution is -0.137. The largest absolute Gasteiger partial charge is 0.481 e. The van der Waals surface area contributed by atoms with Crippen LogP contribution in [0.1, 0.15) is 25.0 Å². The first-order valence-electron chi connectivity index (χ1n) is 7.32. The molecular weight excluding hydrogens is 298 g/mol. The van der Waals surface area contributed by atoms with Crippen LogP contribution in [0.5, 0.6) is 0 Å². The smallest absolute Gasteiger partial charge is 0.303 e. The van der Waals surface area contributed by atoms with Crippen LogP contribution >= 0.6 is 0 Å². The number of hydrogen-bond acceptors (Lipinski definition) is 6. The first-order valence-corrected chi connectivity index (χ1v) is 7.32. The number of hydrogen-bond donors (Lipinski definition) is 2. The summed E-state index contributed by atoms with van der Waals surface area (Å²) in [5.74, 6) is 0.754. The summed E-state index contributed by atoms with van der Waals surface area (Å²) in [5, 5.41) is 13.7. The zero-order valence-corrected chi connectivity index (χ0v) is 12.7. The molecule has 0 fully saturated rings. The SMILES string of the molecule is Cc1ccc(-c2nc(N)nc3c2cnn3CCCCC(=O)O)o1. The molecule has 3 rings (SSSR count). The molecular formula is C15H17N5O3. The van der Waals surface area contributed by atoms with E-state index in [1.165, 1.54) is 0 Å². The van der Waals surface area contributed by atoms with Crippen LogP contribution in [0.15, 0.2) is 22.7 Å². The molecule has 0 aliphatic carbocycles. The number of carboxylic acids is 1. The van der Waals surface area contributed by atoms with Crippen molar-refractivity contribution in [3.05, 3.63) is 24.1 Å². The average molecular weight is 315 g/mol. The van der Waals surface area contributed by atoms with Crippen LogP contribution in [0, 0.1) is 6.92 Å². The van der Waals surface area contributed by atoms with Gasteiger partial charge in [0.15, 0.2) is 11.4 Å². The molecule has 0 radical (unpaired) electrons. The number of aryl methyl sites for hydroxylation is 2. The molecule has 0 atom stereocenters. The Morgan fingerprint density at radius 2 is 2.17 bits per heavy atom. The van der Waals surface area contributed by atoms with Gasteiger partial charge in [-0.3, -0.25) is 4.79 Å². The van der Waals surface area contributed by atoms with Gasteiger partial charge in [-0.05, 0) is 31.9 Å². The Kier molecular flexibility index (Phi) is 3.96. The number of anilines is 1. The van der Waals surface area contributed by atoms with Gasteiger partial charge in [-0.2, -0.15) is 10.1 Å². The molecule has 120 valence electrons. The van der Waals surface area contributed by atoms with Gasteiger partial charge in [0, 0.05) is 13.0 Å². The Labute approximate surface area is 131 Å². The highest BCUT2D eigenvalue weighted by Gasteiger charge is 2.15. The van der Waals surface area contributed by atoms with Crippen molar-refractivity contribution in [1.29, 1.82) is 0 Å². The first kappa shape index (κ1) is 15.0. The van der Waals surface area contributed by atoms with E-state index in [1.807, 2.05) is 19.1 Å². The van der Waals surface area contributed by atoms with Crippen molar-refractivity contribution in [2.45, 2.75) is 32.7 Å². The standard InChI is InChI=1S/C15H17N5O3/c1-9-5-6-11(23-9)13-10-8-17-20(7-3-2-4-12(21)22)14(10)19-15(16)18-13/h5-6,8H,2-4,7H2,1H3,(H,21,22)(H2,16,18,19). The Morgan fingerprint density at radius 1 is 1.35 bits per heavy atom. The highest BCUT2D eigenvalue weighted by Crippen LogP contribution is 2.28. The molecule has 0 unspecified atom stereocenters. The minimum atomic E-state index is -0.794. The fourth-order valence-corrected chi connectivity index (χ4v) is 2.42. The van der Waals surface area contributed by atoms with Crippen molar-refractivity contribution in [3.63, 3.8) is 0 Å². The van der Waals surface area contributed by atoms with Crippen LogP contribution < -0.4 is 5.73 Å². The zero-order chi connectivity index (χ0) is 16.4. The molecule has 0 aliphatic heterocycles. The molecule has 0 saturated carbocycles. The Hall–Kier alpha value is -2.90. The quantitative estimate of drug-likeness (QED) is 0.669. The Morgan fingerprint density at radius 3 is 2.87 bits per heavy atom. The van der Waals surface area contributed by atoms with E-state index < -0.39 is 5.97 Å². The van der Waals surface area contributed by atoms with Gasteiger partial charge in [-0.15, -0.1) is 0 Å². The number of unbranched alkanes of at least 4 members (excludes halogenated alkanes) is 1. The van der Waals surface area contributed by atoms with Gasteiger partial charge < -0.3 is 15.3 Å². The summed E-state index contributed by atoms with van der Waals surface area (Å²) < 4.78 is 7.34. The Bertz CT molecular complexity index is 852. The molecule has 3 aromatic heterocycles. The van der Waals surface area contributed by atoms with Crippen LogP contribution in [0.3, 0.4) is 0 Å². The highest BCUT2D eigenvalue weighted by molar-refractivity contribution is 5.89. The summed E-state index contributed by atoms with van der Waals surface area (Å²) in [7, 11) is 0. The molecule has 23 heavy (non-hydrogen) atoms. The minimum absolute atomic E-state index is 0.146. The van der Waals surface area contributed by atoms with Gasteiger partial charge in [0.25, 0.3) is 0 Å². The van der Waals surface area contributed by atoms with Gasteiger partial charge in [0.05, 0.1) is 11.6 Å². The van der Waals surface area contributed by atoms with Crippen LogP contribution in [-0.2, 0) is 11.3 Å². The molecule has 3 aromatic rings. The summed E-state index contributed by atoms with van der Waals surface area (Å²) in [6, 6.07) is 3.69. The number of carboxylic acid groups (broad SMARTS) is 1. The summed E-state index contributed by atoms with van der Waals surface area (Å²) in [6.07, 6.45) is 3.11. The lowest BCUT2D eigenvalue weighted by atomic mass is 10.2. The number of furan rings is 1. The first-order chi connectivity index (χ1) is 11.0. The van der Waals surface area contributed by atoms with Crippen molar-refractivity contribution >= 4 is 23.0 Å². The molecule has 0 aliphatic rings. The van der Waals surface area contributed by atoms with E-state index in [2.05, 4.69) is 15.1 Å². The molecule has 8 nitrogen and oxygen atoms in total. The lowest BCUT2D eigenvalue weighted by Crippen LogP contribution is -2.05. The van der Waals surface area contributed by atoms with E-state index in [4.69, 9.17) is 15.3 Å². The lowest BCUT2D eigenvalue weighted by Gasteiger charge is -2.04. The molecule has 0 spiro atoms. The molecule has 0 aromatic carbocycles. The van der Waals surface area contributed by atoms with Gasteiger partial charge in [0.2, 0.25) is 5.95 Å². The zero-order valence-electron chi connectivity index (χ0n) is 12.7. The van der Waals surface area contributed by atoms with Gasteiger partial charge in [-0.25, -0.2) is 9.67 Å². The number of carbonyl (C=O) groups is 1. The number of nitrogens with two attached hydrogens (primary N) is 1. The molecule has 0 amide bonds. The summed E-state index contributed by atoms with van der Waals surface area (Å²) in [6.45, 7) is 2.43. The second kappa shape index (κ2) is 6.07. The average Bonchev–Trinajstić information content (AvgIpc) is 3.09. The fourth-order valence-electron chi connectivity index (χ4n) is 2.42. The number of fused-ring (bicyclic) bond motifs is 1. The van der Waals surface area contributed by atoms with Gasteiger partial charge in [-0.1, -0.05) is 0 Å². The molecule has 3 heterocycles. The van der Waals surface area contributed by atoms with E-state index in [-0.39, 0.29) is 12.4 Å². The van der Waals surface area contributed by atoms with Gasteiger partial charge >= 0.3 is 5.97 Å². The third-order valence-electron chi connectivity index (χ3n) is 3.50. The number of rotatable bonds is 6. The molecule has 0 saturated heterocycles. The van der Waals surface area contributed by atoms with E-state index >= 15 is 0 Å². The molecule has 8 heteroatoms. The number of nitrogen functional groups attached to an aromatic ring is 1. The van der Waals surface area contributed by atoms with Crippen LogP contribution in [-0.4, -0.2) is 30.8 Å². The third-order valence-corrected chi connectivity index (χ3v) is 3.50. The summed E-state index contributed by atoms with van der Waals surface area (Å²) in [4.78, 5) is 19.1. The van der Waals surface area contributed by atoms with Crippen LogP contribution in [0.2, 0.25) is 0 Å². The maximum Gasteiger partial charge on any atom is 0.303 e. The van der Waals surface area contributed by atoms with Crippen molar-refractivity contribution in [2.24, 2.45) is 0 Å². The molecule has 0 bridgehead atoms. The number of aromatic nitrogens is 4. The van der Waals surface area contributed by atoms with Crippen molar-refractivity contribution < 1.29 is 14.3 Å². The molecule has 3 N–H and O–H groups in total. The second-order valence-corrected chi connectivity index (χ2v) is 5.30. The minimum Gasteiger partial charge on any atom is -0.481 e. The number of nitrogens with zero attached hydrogens (tertiary/aromatic N) is 4. The van der Waals surface area contributed by atoms with E-state index in [0.29, 0.717) is 36.5 Å². The van der Waals surface area contributed by atoms with Crippen molar-refractivity contribution in [2.75, 3.05) is 5.73 Å². The maximum atomic E-state index is 10.6. The van der Waals surface area contributed by atoms with Crippen molar-refractivity contribution in [3.8, 4) is 11.5 Å². The predicted molar refractivity (Wildman–Crippen MR) is 83.7 cm³/mol. The highest BCUT2D eigenvalue weighted by atomic mass is 16.4. The second-order valence-electron chi connectivity index (χ2n) is 5.30. The Balaban J connectivity index is 1.91. The normalized spacial score (nSPS) is 11.2. The topological polar surface area (TPSA) is 120 Å². The van der Waals surface area contributed by atoms with Gasteiger partial charge in [0.1, 0.15) is 11.5 Å². The van der Waals surface area contributed by atoms with Crippen molar-refractivity contribution in [1.82, 2.24) is 19.7 Å². The van der Waals surface area contributed by atoms with Crippen LogP contribution in [0.25, 0.3) is 22.5 Å². The monoisotopic (exact) mass is 315 g/mol. The van der Waals surface area contributed by atoms with E-state index in [1.54, 1.807) is 10.9 Å². The van der Waals surface area contributed by atoms with E-state index in [9.17, 15) is 4.79 Å².